The Morgan fingerprint density at radius 2 is 1.75 bits per heavy atom. The topological polar surface area (TPSA) is 101 Å². The van der Waals surface area contributed by atoms with Gasteiger partial charge < -0.3 is 19.9 Å². The number of nitro benzene ring substituents is 1. The number of benzene rings is 1. The third-order valence-electron chi connectivity index (χ3n) is 7.32. The van der Waals surface area contributed by atoms with Gasteiger partial charge in [-0.15, -0.1) is 0 Å². The number of hydrogen-bond donors (Lipinski definition) is 1. The summed E-state index contributed by atoms with van der Waals surface area (Å²) in [6.45, 7) is 8.11. The highest BCUT2D eigenvalue weighted by Crippen LogP contribution is 2.38. The molecule has 2 fully saturated rings. The zero-order valence-electron chi connectivity index (χ0n) is 23.0. The number of rotatable bonds is 6. The normalized spacial score (nSPS) is 20.2. The van der Waals surface area contributed by atoms with Gasteiger partial charge in [-0.1, -0.05) is 0 Å². The Balaban J connectivity index is 1.28. The molecule has 40 heavy (non-hydrogen) atoms. The number of hydrogen-bond acceptors (Lipinski definition) is 7. The molecule has 2 aromatic rings. The number of nitro groups is 1. The van der Waals surface area contributed by atoms with Crippen molar-refractivity contribution in [1.29, 1.82) is 0 Å². The number of ether oxygens (including phenoxy) is 1. The number of nitrogens with one attached hydrogen (secondary N) is 1. The molecule has 1 aliphatic carbocycles. The number of pyridine rings is 1. The lowest BCUT2D eigenvalue weighted by Gasteiger charge is -2.36. The first kappa shape index (κ1) is 29.4. The largest absolute Gasteiger partial charge is 0.444 e. The molecule has 2 aliphatic rings. The number of alkyl halides is 3. The molecule has 2 heterocycles. The van der Waals surface area contributed by atoms with Crippen LogP contribution >= 0.6 is 0 Å². The van der Waals surface area contributed by atoms with Crippen LogP contribution in [0.5, 0.6) is 0 Å². The van der Waals surface area contributed by atoms with E-state index in [1.54, 1.807) is 4.90 Å². The van der Waals surface area contributed by atoms with Gasteiger partial charge in [-0.05, 0) is 82.6 Å². The second-order valence-electron chi connectivity index (χ2n) is 11.6. The highest BCUT2D eigenvalue weighted by atomic mass is 19.4. The van der Waals surface area contributed by atoms with Gasteiger partial charge in [0.25, 0.3) is 5.69 Å². The van der Waals surface area contributed by atoms with Gasteiger partial charge in [0.2, 0.25) is 0 Å². The monoisotopic (exact) mass is 563 g/mol. The number of nitrogens with zero attached hydrogens (tertiary/aromatic N) is 4. The van der Waals surface area contributed by atoms with Crippen LogP contribution in [0.2, 0.25) is 0 Å². The Hall–Kier alpha value is -3.57. The van der Waals surface area contributed by atoms with E-state index in [1.165, 1.54) is 6.07 Å². The van der Waals surface area contributed by atoms with Crippen LogP contribution in [0.25, 0.3) is 0 Å². The first-order valence-electron chi connectivity index (χ1n) is 13.6. The van der Waals surface area contributed by atoms with E-state index in [1.807, 2.05) is 33.2 Å². The maximum atomic E-state index is 13.3. The van der Waals surface area contributed by atoms with Gasteiger partial charge in [-0.2, -0.15) is 13.2 Å². The Morgan fingerprint density at radius 1 is 1.07 bits per heavy atom. The summed E-state index contributed by atoms with van der Waals surface area (Å²) in [4.78, 5) is 30.7. The second kappa shape index (κ2) is 11.9. The number of carbonyl (C=O) groups excluding carboxylic acids is 1. The van der Waals surface area contributed by atoms with Crippen molar-refractivity contribution in [2.75, 3.05) is 36.4 Å². The van der Waals surface area contributed by atoms with Crippen LogP contribution in [0, 0.1) is 16.0 Å². The van der Waals surface area contributed by atoms with Gasteiger partial charge in [-0.25, -0.2) is 4.79 Å². The van der Waals surface area contributed by atoms with Crippen molar-refractivity contribution >= 4 is 23.2 Å². The summed E-state index contributed by atoms with van der Waals surface area (Å²) in [6, 6.07) is 5.23. The number of piperazine rings is 1. The van der Waals surface area contributed by atoms with Crippen molar-refractivity contribution in [3.63, 3.8) is 0 Å². The van der Waals surface area contributed by atoms with E-state index in [4.69, 9.17) is 4.74 Å². The lowest BCUT2D eigenvalue weighted by atomic mass is 9.82. The molecule has 0 bridgehead atoms. The van der Waals surface area contributed by atoms with Crippen LogP contribution in [0.1, 0.15) is 57.6 Å². The fourth-order valence-corrected chi connectivity index (χ4v) is 5.32. The molecule has 1 saturated carbocycles. The lowest BCUT2D eigenvalue weighted by Crippen LogP contribution is -2.50. The standard InChI is InChI=1S/C28H36F3N5O4/c1-27(2,3)40-26(37)35-12-10-34(11-13-35)23-15-20(17-32-18-23)14-19-4-6-21(7-5-19)33-22-8-9-25(36(38)39)24(16-22)28(29,30)31/h8-9,15-19,21,33H,4-7,10-14H2,1-3H3/t19-,21-. The van der Waals surface area contributed by atoms with Crippen LogP contribution in [0.3, 0.4) is 0 Å². The summed E-state index contributed by atoms with van der Waals surface area (Å²) < 4.78 is 45.4. The molecule has 1 aliphatic heterocycles. The smallest absolute Gasteiger partial charge is 0.423 e. The molecule has 218 valence electrons. The fraction of sp³-hybridized carbons (Fsp3) is 0.571. The van der Waals surface area contributed by atoms with Crippen molar-refractivity contribution in [2.24, 2.45) is 5.92 Å². The molecule has 0 atom stereocenters. The van der Waals surface area contributed by atoms with Gasteiger partial charge >= 0.3 is 12.3 Å². The summed E-state index contributed by atoms with van der Waals surface area (Å²) in [5, 5.41) is 14.1. The van der Waals surface area contributed by atoms with Crippen LogP contribution in [-0.2, 0) is 17.3 Å². The minimum Gasteiger partial charge on any atom is -0.444 e. The molecular weight excluding hydrogens is 527 g/mol. The summed E-state index contributed by atoms with van der Waals surface area (Å²) in [5.41, 5.74) is -0.311. The Bertz CT molecular complexity index is 1200. The van der Waals surface area contributed by atoms with Crippen LogP contribution in [0.15, 0.2) is 36.7 Å². The Kier molecular flexibility index (Phi) is 8.74. The van der Waals surface area contributed by atoms with E-state index in [-0.39, 0.29) is 17.8 Å². The number of aromatic nitrogens is 1. The maximum absolute atomic E-state index is 13.3. The van der Waals surface area contributed by atoms with Crippen molar-refractivity contribution < 1.29 is 27.6 Å². The first-order valence-corrected chi connectivity index (χ1v) is 13.6. The molecule has 1 N–H and O–H groups in total. The summed E-state index contributed by atoms with van der Waals surface area (Å²) in [7, 11) is 0. The minimum absolute atomic E-state index is 0.00418. The molecule has 4 rings (SSSR count). The molecular formula is C28H36F3N5O4. The van der Waals surface area contributed by atoms with Crippen molar-refractivity contribution in [3.05, 3.63) is 57.9 Å². The Labute approximate surface area is 231 Å². The predicted molar refractivity (Wildman–Crippen MR) is 145 cm³/mol. The van der Waals surface area contributed by atoms with Gasteiger partial charge in [0, 0.05) is 50.2 Å². The average molecular weight is 564 g/mol. The Morgan fingerprint density at radius 3 is 2.35 bits per heavy atom. The highest BCUT2D eigenvalue weighted by molar-refractivity contribution is 5.68. The summed E-state index contributed by atoms with van der Waals surface area (Å²) in [6.07, 6.45) is 2.90. The highest BCUT2D eigenvalue weighted by Gasteiger charge is 2.38. The van der Waals surface area contributed by atoms with Crippen molar-refractivity contribution in [3.8, 4) is 0 Å². The zero-order valence-corrected chi connectivity index (χ0v) is 23.0. The van der Waals surface area contributed by atoms with Crippen molar-refractivity contribution in [2.45, 2.75) is 70.7 Å². The van der Waals surface area contributed by atoms with E-state index in [2.05, 4.69) is 21.3 Å². The third-order valence-corrected chi connectivity index (χ3v) is 7.32. The number of carbonyl (C=O) groups is 1. The van der Waals surface area contributed by atoms with Gasteiger partial charge in [0.05, 0.1) is 16.8 Å². The van der Waals surface area contributed by atoms with E-state index in [9.17, 15) is 28.1 Å². The van der Waals surface area contributed by atoms with Crippen molar-refractivity contribution in [1.82, 2.24) is 9.88 Å². The summed E-state index contributed by atoms with van der Waals surface area (Å²) in [5.74, 6) is 0.432. The quantitative estimate of drug-likeness (QED) is 0.326. The minimum atomic E-state index is -4.80. The fourth-order valence-electron chi connectivity index (χ4n) is 5.32. The van der Waals surface area contributed by atoms with Gasteiger partial charge in [-0.3, -0.25) is 15.1 Å². The first-order chi connectivity index (χ1) is 18.8. The van der Waals surface area contributed by atoms with Gasteiger partial charge in [0.1, 0.15) is 11.2 Å². The van der Waals surface area contributed by atoms with Crippen LogP contribution in [0.4, 0.5) is 35.0 Å². The van der Waals surface area contributed by atoms with E-state index >= 15 is 0 Å². The predicted octanol–water partition coefficient (Wildman–Crippen LogP) is 6.28. The van der Waals surface area contributed by atoms with Crippen LogP contribution < -0.4 is 10.2 Å². The average Bonchev–Trinajstić information content (AvgIpc) is 2.88. The summed E-state index contributed by atoms with van der Waals surface area (Å²) >= 11 is 0. The molecule has 0 radical (unpaired) electrons. The number of halogens is 3. The number of anilines is 2. The maximum Gasteiger partial charge on any atom is 0.423 e. The second-order valence-corrected chi connectivity index (χ2v) is 11.6. The van der Waals surface area contributed by atoms with E-state index in [0.717, 1.165) is 55.5 Å². The molecule has 12 heteroatoms. The van der Waals surface area contributed by atoms with Gasteiger partial charge in [0.15, 0.2) is 0 Å². The third kappa shape index (κ3) is 7.76. The SMILES string of the molecule is CC(C)(C)OC(=O)N1CCN(c2cncc(C[C@H]3CC[C@H](Nc4ccc([N+](=O)[O-])c(C(F)(F)F)c4)CC3)c2)CC1. The molecule has 0 spiro atoms. The lowest BCUT2D eigenvalue weighted by molar-refractivity contribution is -0.388. The molecule has 0 unspecified atom stereocenters. The molecule has 1 aromatic carbocycles. The molecule has 1 saturated heterocycles. The number of amides is 1. The molecule has 1 aromatic heterocycles. The molecule has 9 nitrogen and oxygen atoms in total. The van der Waals surface area contributed by atoms with E-state index in [0.29, 0.717) is 32.1 Å². The van der Waals surface area contributed by atoms with E-state index < -0.39 is 28.0 Å². The molecule has 1 amide bonds. The zero-order chi connectivity index (χ0) is 29.1. The van der Waals surface area contributed by atoms with Crippen LogP contribution in [-0.4, -0.2) is 58.7 Å².